The summed E-state index contributed by atoms with van der Waals surface area (Å²) in [5.74, 6) is 0.554. The van der Waals surface area contributed by atoms with E-state index in [1.54, 1.807) is 0 Å². The van der Waals surface area contributed by atoms with Crippen LogP contribution in [0.4, 0.5) is 0 Å². The molecular formula is C27H32. The zero-order valence-corrected chi connectivity index (χ0v) is 17.0. The highest BCUT2D eigenvalue weighted by atomic mass is 14.1. The largest absolute Gasteiger partial charge is 0.0651 e. The fourth-order valence-corrected chi connectivity index (χ4v) is 3.66. The summed E-state index contributed by atoms with van der Waals surface area (Å²) in [5.41, 5.74) is 8.50. The van der Waals surface area contributed by atoms with Gasteiger partial charge in [0.25, 0.3) is 0 Å². The van der Waals surface area contributed by atoms with Gasteiger partial charge in [0.2, 0.25) is 0 Å². The molecule has 3 rings (SSSR count). The molecule has 0 bridgehead atoms. The summed E-state index contributed by atoms with van der Waals surface area (Å²) >= 11 is 0. The molecule has 3 aromatic carbocycles. The van der Waals surface area contributed by atoms with Crippen LogP contribution in [0.15, 0.2) is 72.8 Å². The Balaban J connectivity index is 1.53. The summed E-state index contributed by atoms with van der Waals surface area (Å²) in [6.07, 6.45) is 5.73. The second kappa shape index (κ2) is 9.55. The normalized spacial score (nSPS) is 12.1. The van der Waals surface area contributed by atoms with Crippen LogP contribution < -0.4 is 0 Å². The summed E-state index contributed by atoms with van der Waals surface area (Å²) in [5, 5.41) is 0. The highest BCUT2D eigenvalue weighted by Crippen LogP contribution is 2.21. The second-order valence-electron chi connectivity index (χ2n) is 7.90. The van der Waals surface area contributed by atoms with Gasteiger partial charge in [0, 0.05) is 0 Å². The minimum Gasteiger partial charge on any atom is -0.0651 e. The molecule has 1 atom stereocenters. The summed E-state index contributed by atoms with van der Waals surface area (Å²) in [6.45, 7) is 6.70. The maximum Gasteiger partial charge on any atom is -0.0150 e. The summed E-state index contributed by atoms with van der Waals surface area (Å²) in [7, 11) is 0. The van der Waals surface area contributed by atoms with Crippen LogP contribution in [0.2, 0.25) is 0 Å². The van der Waals surface area contributed by atoms with Crippen molar-refractivity contribution in [3.63, 3.8) is 0 Å². The summed E-state index contributed by atoms with van der Waals surface area (Å²) in [4.78, 5) is 0. The van der Waals surface area contributed by atoms with Gasteiger partial charge in [-0.25, -0.2) is 0 Å². The van der Waals surface area contributed by atoms with Crippen LogP contribution in [-0.2, 0) is 25.7 Å². The first kappa shape index (κ1) is 19.4. The third kappa shape index (κ3) is 5.82. The minimum absolute atomic E-state index is 0.554. The van der Waals surface area contributed by atoms with Crippen molar-refractivity contribution in [1.29, 1.82) is 0 Å². The zero-order chi connectivity index (χ0) is 19.1. The predicted molar refractivity (Wildman–Crippen MR) is 118 cm³/mol. The summed E-state index contributed by atoms with van der Waals surface area (Å²) in [6, 6.07) is 27.3. The SMILES string of the molecule is CCCc1ccc(CCc2ccc(C[C@@H](C)c3ccc(C)cc3)cc2)cc1. The number of aryl methyl sites for hydroxylation is 4. The molecule has 0 heteroatoms. The molecular weight excluding hydrogens is 324 g/mol. The minimum atomic E-state index is 0.554. The monoisotopic (exact) mass is 356 g/mol. The lowest BCUT2D eigenvalue weighted by molar-refractivity contribution is 0.758. The van der Waals surface area contributed by atoms with Crippen molar-refractivity contribution in [3.8, 4) is 0 Å². The molecule has 0 unspecified atom stereocenters. The van der Waals surface area contributed by atoms with Crippen molar-refractivity contribution in [1.82, 2.24) is 0 Å². The number of rotatable bonds is 8. The zero-order valence-electron chi connectivity index (χ0n) is 17.0. The van der Waals surface area contributed by atoms with Crippen molar-refractivity contribution >= 4 is 0 Å². The standard InChI is InChI=1S/C27H32/c1-4-5-23-8-10-24(11-9-23)12-13-25-14-16-26(17-15-25)20-22(3)27-18-6-21(2)7-19-27/h6-11,14-19,22H,4-5,12-13,20H2,1-3H3/t22-/m1/s1. The van der Waals surface area contributed by atoms with Crippen molar-refractivity contribution in [3.05, 3.63) is 106 Å². The van der Waals surface area contributed by atoms with E-state index in [-0.39, 0.29) is 0 Å². The molecule has 0 aliphatic carbocycles. The highest BCUT2D eigenvalue weighted by Gasteiger charge is 2.07. The lowest BCUT2D eigenvalue weighted by Crippen LogP contribution is -1.99. The lowest BCUT2D eigenvalue weighted by atomic mass is 9.92. The molecule has 0 amide bonds. The maximum atomic E-state index is 2.32. The third-order valence-corrected chi connectivity index (χ3v) is 5.48. The molecule has 0 aliphatic rings. The summed E-state index contributed by atoms with van der Waals surface area (Å²) < 4.78 is 0. The van der Waals surface area contributed by atoms with Crippen molar-refractivity contribution in [2.75, 3.05) is 0 Å². The fraction of sp³-hybridized carbons (Fsp3) is 0.333. The number of hydrogen-bond acceptors (Lipinski definition) is 0. The topological polar surface area (TPSA) is 0 Å². The molecule has 0 nitrogen and oxygen atoms in total. The van der Waals surface area contributed by atoms with Crippen LogP contribution in [0.5, 0.6) is 0 Å². The van der Waals surface area contributed by atoms with E-state index in [2.05, 4.69) is 93.6 Å². The molecule has 0 heterocycles. The first-order valence-corrected chi connectivity index (χ1v) is 10.4. The Morgan fingerprint density at radius 1 is 0.593 bits per heavy atom. The van der Waals surface area contributed by atoms with Crippen LogP contribution in [0.3, 0.4) is 0 Å². The maximum absolute atomic E-state index is 2.32. The molecule has 0 aromatic heterocycles. The van der Waals surface area contributed by atoms with Crippen LogP contribution in [0.25, 0.3) is 0 Å². The Labute approximate surface area is 165 Å². The van der Waals surface area contributed by atoms with Gasteiger partial charge in [0.05, 0.1) is 0 Å². The molecule has 27 heavy (non-hydrogen) atoms. The Hall–Kier alpha value is -2.34. The van der Waals surface area contributed by atoms with Crippen LogP contribution in [0, 0.1) is 6.92 Å². The quantitative estimate of drug-likeness (QED) is 0.404. The van der Waals surface area contributed by atoms with E-state index in [1.165, 1.54) is 46.2 Å². The van der Waals surface area contributed by atoms with E-state index >= 15 is 0 Å². The van der Waals surface area contributed by atoms with Crippen molar-refractivity contribution in [2.24, 2.45) is 0 Å². The molecule has 0 saturated carbocycles. The van der Waals surface area contributed by atoms with Gasteiger partial charge in [-0.3, -0.25) is 0 Å². The van der Waals surface area contributed by atoms with Gasteiger partial charge < -0.3 is 0 Å². The van der Waals surface area contributed by atoms with Crippen molar-refractivity contribution < 1.29 is 0 Å². The van der Waals surface area contributed by atoms with Crippen molar-refractivity contribution in [2.45, 2.75) is 58.8 Å². The average molecular weight is 357 g/mol. The van der Waals surface area contributed by atoms with Crippen LogP contribution >= 0.6 is 0 Å². The second-order valence-corrected chi connectivity index (χ2v) is 7.90. The number of hydrogen-bond donors (Lipinski definition) is 0. The Kier molecular flexibility index (Phi) is 6.87. The van der Waals surface area contributed by atoms with E-state index in [0.717, 1.165) is 19.3 Å². The van der Waals surface area contributed by atoms with Crippen LogP contribution in [0.1, 0.15) is 59.6 Å². The molecule has 0 aliphatic heterocycles. The van der Waals surface area contributed by atoms with E-state index in [0.29, 0.717) is 5.92 Å². The molecule has 0 saturated heterocycles. The van der Waals surface area contributed by atoms with E-state index in [4.69, 9.17) is 0 Å². The van der Waals surface area contributed by atoms with E-state index in [1.807, 2.05) is 0 Å². The number of benzene rings is 3. The first-order chi connectivity index (χ1) is 13.1. The van der Waals surface area contributed by atoms with Gasteiger partial charge in [-0.15, -0.1) is 0 Å². The van der Waals surface area contributed by atoms with Crippen LogP contribution in [-0.4, -0.2) is 0 Å². The van der Waals surface area contributed by atoms with E-state index < -0.39 is 0 Å². The Bertz CT molecular complexity index is 807. The third-order valence-electron chi connectivity index (χ3n) is 5.48. The van der Waals surface area contributed by atoms with Gasteiger partial charge in [0.15, 0.2) is 0 Å². The van der Waals surface area contributed by atoms with Gasteiger partial charge >= 0.3 is 0 Å². The first-order valence-electron chi connectivity index (χ1n) is 10.4. The smallest absolute Gasteiger partial charge is 0.0150 e. The fourth-order valence-electron chi connectivity index (χ4n) is 3.66. The highest BCUT2D eigenvalue weighted by molar-refractivity contribution is 5.29. The Morgan fingerprint density at radius 3 is 1.52 bits per heavy atom. The van der Waals surface area contributed by atoms with Gasteiger partial charge in [-0.2, -0.15) is 0 Å². The molecule has 0 radical (unpaired) electrons. The average Bonchev–Trinajstić information content (AvgIpc) is 2.69. The molecule has 0 fully saturated rings. The lowest BCUT2D eigenvalue weighted by Gasteiger charge is -2.13. The van der Waals surface area contributed by atoms with E-state index in [9.17, 15) is 0 Å². The molecule has 140 valence electrons. The van der Waals surface area contributed by atoms with Gasteiger partial charge in [0.1, 0.15) is 0 Å². The Morgan fingerprint density at radius 2 is 1.04 bits per heavy atom. The molecule has 3 aromatic rings. The molecule has 0 N–H and O–H groups in total. The van der Waals surface area contributed by atoms with Gasteiger partial charge in [-0.1, -0.05) is 98.6 Å². The predicted octanol–water partition coefficient (Wildman–Crippen LogP) is 7.08. The molecule has 0 spiro atoms. The van der Waals surface area contributed by atoms with Gasteiger partial charge in [-0.05, 0) is 66.3 Å².